The van der Waals surface area contributed by atoms with Crippen LogP contribution in [0.2, 0.25) is 0 Å². The van der Waals surface area contributed by atoms with Crippen LogP contribution in [0.1, 0.15) is 297 Å². The Morgan fingerprint density at radius 2 is 0.797 bits per heavy atom. The number of carbonyl (C=O) groups is 2. The van der Waals surface area contributed by atoms with Crippen LogP contribution >= 0.6 is 0 Å². The van der Waals surface area contributed by atoms with Crippen molar-refractivity contribution in [2.24, 2.45) is 0 Å². The molecule has 64 heavy (non-hydrogen) atoms. The van der Waals surface area contributed by atoms with Crippen molar-refractivity contribution in [2.45, 2.75) is 315 Å². The Kier molecular flexibility index (Phi) is 50.5. The number of hydrogen-bond acceptors (Lipinski definition) is 5. The Morgan fingerprint density at radius 3 is 1.25 bits per heavy atom. The van der Waals surface area contributed by atoms with Crippen molar-refractivity contribution in [2.75, 3.05) is 6.61 Å². The van der Waals surface area contributed by atoms with Crippen molar-refractivity contribution in [3.05, 3.63) is 36.5 Å². The summed E-state index contributed by atoms with van der Waals surface area (Å²) in [6.45, 7) is 6.48. The average molecular weight is 901 g/mol. The number of aliphatic hydroxyl groups excluding tert-OH is 2. The molecule has 0 aromatic carbocycles. The van der Waals surface area contributed by atoms with Gasteiger partial charge in [0.1, 0.15) is 6.10 Å². The summed E-state index contributed by atoms with van der Waals surface area (Å²) in [5.74, 6) is -0.485. The molecule has 0 rings (SSSR count). The van der Waals surface area contributed by atoms with Gasteiger partial charge in [0.05, 0.1) is 25.2 Å². The molecule has 0 saturated carbocycles. The quantitative estimate of drug-likeness (QED) is 0.0321. The van der Waals surface area contributed by atoms with Gasteiger partial charge in [0.15, 0.2) is 0 Å². The van der Waals surface area contributed by atoms with Crippen LogP contribution in [0.4, 0.5) is 0 Å². The lowest BCUT2D eigenvalue weighted by molar-refractivity contribution is -0.151. The van der Waals surface area contributed by atoms with E-state index in [1.54, 1.807) is 0 Å². The molecule has 0 saturated heterocycles. The minimum absolute atomic E-state index is 0.0666. The molecule has 0 aliphatic rings. The zero-order chi connectivity index (χ0) is 46.7. The summed E-state index contributed by atoms with van der Waals surface area (Å²) in [4.78, 5) is 26.2. The molecule has 0 fully saturated rings. The van der Waals surface area contributed by atoms with E-state index in [4.69, 9.17) is 4.74 Å². The number of unbranched alkanes of at least 4 members (excludes halogenated alkanes) is 33. The zero-order valence-corrected chi connectivity index (χ0v) is 42.9. The molecule has 376 valence electrons. The van der Waals surface area contributed by atoms with E-state index in [0.29, 0.717) is 19.3 Å². The molecule has 6 nitrogen and oxygen atoms in total. The third-order valence-electron chi connectivity index (χ3n) is 12.9. The first-order valence-corrected chi connectivity index (χ1v) is 28.2. The molecule has 0 bridgehead atoms. The standard InChI is InChI=1S/C58H109NO5/c1-4-7-10-13-16-19-22-25-27-29-31-33-36-39-42-45-48-51-58(63)64-54(49-46-43-40-37-34-32-30-28-26-23-20-17-14-11-8-5-2)52-57(62)59-55(53-60)56(61)50-47-44-41-38-35-24-21-18-15-12-9-6-3/h16,19,25,27,32,34,54-56,60-61H,4-15,17-18,20-24,26,28-31,33,35-53H2,1-3H3,(H,59,62)/b19-16-,27-25-,34-32+. The molecule has 0 radical (unpaired) electrons. The molecule has 3 atom stereocenters. The SMILES string of the molecule is CCCCC/C=C\C/C=C\CCCCCCCCCC(=O)OC(CCCCC/C=C/CCCCCCCCCCC)CC(=O)NC(CO)C(O)CCCCCCCCCCCCCC. The first-order valence-electron chi connectivity index (χ1n) is 28.2. The van der Waals surface area contributed by atoms with Crippen LogP contribution in [0.5, 0.6) is 0 Å². The molecule has 0 aliphatic carbocycles. The van der Waals surface area contributed by atoms with Gasteiger partial charge in [-0.3, -0.25) is 9.59 Å². The summed E-state index contributed by atoms with van der Waals surface area (Å²) in [6, 6.07) is -0.706. The highest BCUT2D eigenvalue weighted by Gasteiger charge is 2.24. The van der Waals surface area contributed by atoms with Crippen molar-refractivity contribution in [3.63, 3.8) is 0 Å². The van der Waals surface area contributed by atoms with Crippen LogP contribution in [-0.4, -0.2) is 46.9 Å². The van der Waals surface area contributed by atoms with E-state index < -0.39 is 18.2 Å². The normalized spacial score (nSPS) is 13.4. The van der Waals surface area contributed by atoms with Crippen LogP contribution in [0.15, 0.2) is 36.5 Å². The molecule has 0 aromatic heterocycles. The van der Waals surface area contributed by atoms with Gasteiger partial charge >= 0.3 is 5.97 Å². The van der Waals surface area contributed by atoms with E-state index in [1.807, 2.05) is 0 Å². The summed E-state index contributed by atoms with van der Waals surface area (Å²) in [5.41, 5.74) is 0. The summed E-state index contributed by atoms with van der Waals surface area (Å²) in [6.07, 6.45) is 62.0. The van der Waals surface area contributed by atoms with Crippen LogP contribution in [0, 0.1) is 0 Å². The summed E-state index contributed by atoms with van der Waals surface area (Å²) in [7, 11) is 0. The highest BCUT2D eigenvalue weighted by molar-refractivity contribution is 5.77. The maximum absolute atomic E-state index is 13.2. The van der Waals surface area contributed by atoms with Gasteiger partial charge in [0, 0.05) is 6.42 Å². The van der Waals surface area contributed by atoms with E-state index in [1.165, 1.54) is 173 Å². The van der Waals surface area contributed by atoms with E-state index in [2.05, 4.69) is 62.5 Å². The number of aliphatic hydroxyl groups is 2. The predicted octanol–water partition coefficient (Wildman–Crippen LogP) is 17.2. The lowest BCUT2D eigenvalue weighted by atomic mass is 10.0. The lowest BCUT2D eigenvalue weighted by Gasteiger charge is -2.24. The molecule has 1 amide bonds. The van der Waals surface area contributed by atoms with Crippen molar-refractivity contribution >= 4 is 11.9 Å². The number of ether oxygens (including phenoxy) is 1. The number of amides is 1. The van der Waals surface area contributed by atoms with Gasteiger partial charge in [-0.1, -0.05) is 237 Å². The van der Waals surface area contributed by atoms with Crippen LogP contribution in [0.25, 0.3) is 0 Å². The molecular weight excluding hydrogens is 791 g/mol. The average Bonchev–Trinajstić information content (AvgIpc) is 3.29. The topological polar surface area (TPSA) is 95.9 Å². The monoisotopic (exact) mass is 900 g/mol. The van der Waals surface area contributed by atoms with E-state index in [-0.39, 0.29) is 24.9 Å². The van der Waals surface area contributed by atoms with Crippen molar-refractivity contribution in [1.82, 2.24) is 5.32 Å². The fraction of sp³-hybridized carbons (Fsp3) is 0.862. The maximum atomic E-state index is 13.2. The number of allylic oxidation sites excluding steroid dienone is 6. The number of hydrogen-bond donors (Lipinski definition) is 3. The van der Waals surface area contributed by atoms with Gasteiger partial charge in [0.2, 0.25) is 5.91 Å². The van der Waals surface area contributed by atoms with Crippen molar-refractivity contribution < 1.29 is 24.5 Å². The largest absolute Gasteiger partial charge is 0.462 e. The molecule has 6 heteroatoms. The molecular formula is C58H109NO5. The number of carbonyl (C=O) groups excluding carboxylic acids is 2. The smallest absolute Gasteiger partial charge is 0.306 e. The predicted molar refractivity (Wildman–Crippen MR) is 278 cm³/mol. The Bertz CT molecular complexity index is 1060. The first-order chi connectivity index (χ1) is 31.5. The van der Waals surface area contributed by atoms with Crippen LogP contribution in [0.3, 0.4) is 0 Å². The van der Waals surface area contributed by atoms with E-state index in [0.717, 1.165) is 77.0 Å². The minimum Gasteiger partial charge on any atom is -0.462 e. The molecule has 0 spiro atoms. The van der Waals surface area contributed by atoms with E-state index >= 15 is 0 Å². The third-order valence-corrected chi connectivity index (χ3v) is 12.9. The highest BCUT2D eigenvalue weighted by Crippen LogP contribution is 2.18. The van der Waals surface area contributed by atoms with Crippen LogP contribution < -0.4 is 5.32 Å². The van der Waals surface area contributed by atoms with E-state index in [9.17, 15) is 19.8 Å². The molecule has 0 aromatic rings. The minimum atomic E-state index is -0.791. The Labute approximate surface area is 398 Å². The molecule has 0 heterocycles. The van der Waals surface area contributed by atoms with Gasteiger partial charge in [-0.2, -0.15) is 0 Å². The number of nitrogens with one attached hydrogen (secondary N) is 1. The number of rotatable bonds is 51. The fourth-order valence-electron chi connectivity index (χ4n) is 8.63. The van der Waals surface area contributed by atoms with Crippen molar-refractivity contribution in [3.8, 4) is 0 Å². The molecule has 3 unspecified atom stereocenters. The summed E-state index contributed by atoms with van der Waals surface area (Å²) in [5, 5.41) is 23.8. The number of esters is 1. The van der Waals surface area contributed by atoms with Gasteiger partial charge in [-0.15, -0.1) is 0 Å². The Balaban J connectivity index is 4.58. The zero-order valence-electron chi connectivity index (χ0n) is 42.9. The second-order valence-electron chi connectivity index (χ2n) is 19.3. The highest BCUT2D eigenvalue weighted by atomic mass is 16.5. The first kappa shape index (κ1) is 62.1. The van der Waals surface area contributed by atoms with Gasteiger partial charge in [-0.25, -0.2) is 0 Å². The molecule has 3 N–H and O–H groups in total. The molecule has 0 aliphatic heterocycles. The summed E-state index contributed by atoms with van der Waals surface area (Å²) < 4.78 is 5.95. The van der Waals surface area contributed by atoms with Crippen molar-refractivity contribution in [1.29, 1.82) is 0 Å². The Hall–Kier alpha value is -1.92. The second-order valence-corrected chi connectivity index (χ2v) is 19.3. The van der Waals surface area contributed by atoms with Crippen LogP contribution in [-0.2, 0) is 14.3 Å². The Morgan fingerprint density at radius 1 is 0.453 bits per heavy atom. The van der Waals surface area contributed by atoms with Gasteiger partial charge in [0.25, 0.3) is 0 Å². The van der Waals surface area contributed by atoms with Gasteiger partial charge < -0.3 is 20.3 Å². The summed E-state index contributed by atoms with van der Waals surface area (Å²) >= 11 is 0. The van der Waals surface area contributed by atoms with Gasteiger partial charge in [-0.05, 0) is 83.5 Å². The maximum Gasteiger partial charge on any atom is 0.306 e. The third kappa shape index (κ3) is 46.6. The fourth-order valence-corrected chi connectivity index (χ4v) is 8.63. The second kappa shape index (κ2) is 52.1. The lowest BCUT2D eigenvalue weighted by Crippen LogP contribution is -2.46.